The number of aromatic nitrogens is 2. The van der Waals surface area contributed by atoms with E-state index in [4.69, 9.17) is 5.10 Å². The van der Waals surface area contributed by atoms with E-state index in [0.29, 0.717) is 23.3 Å². The average molecular weight is 468 g/mol. The molecule has 1 amide bonds. The summed E-state index contributed by atoms with van der Waals surface area (Å²) in [4.78, 5) is 24.2. The van der Waals surface area contributed by atoms with Crippen molar-refractivity contribution in [3.8, 4) is 11.8 Å². The molecule has 4 saturated carbocycles. The minimum atomic E-state index is -0.554. The number of carbonyl (C=O) groups is 1. The number of para-hydroxylation sites is 1. The first-order chi connectivity index (χ1) is 16.9. The number of hydrogen-bond donors (Lipinski definition) is 1. The standard InChI is InChI=1S/C27H25N5O3/c28-15-20-11-22(32(34)35)6-7-24(20)29-26(33)23-16-31(21-4-2-1-3-5-21)30-25(23)27-12-17-8-18(13-27)10-19(9-17)14-27/h1-7,11,16-19H,8-10,12-14H2,(H,29,33). The minimum Gasteiger partial charge on any atom is -0.321 e. The third-order valence-corrected chi connectivity index (χ3v) is 8.10. The minimum absolute atomic E-state index is 0.0550. The Hall–Kier alpha value is -3.99. The Labute approximate surface area is 202 Å². The highest BCUT2D eigenvalue weighted by Crippen LogP contribution is 2.61. The number of anilines is 1. The fourth-order valence-electron chi connectivity index (χ4n) is 7.08. The summed E-state index contributed by atoms with van der Waals surface area (Å²) in [5.74, 6) is 1.74. The summed E-state index contributed by atoms with van der Waals surface area (Å²) >= 11 is 0. The number of nitro groups is 1. The number of carbonyl (C=O) groups excluding carboxylic acids is 1. The molecule has 8 nitrogen and oxygen atoms in total. The van der Waals surface area contributed by atoms with Crippen molar-refractivity contribution in [1.29, 1.82) is 5.26 Å². The largest absolute Gasteiger partial charge is 0.321 e. The molecule has 0 unspecified atom stereocenters. The van der Waals surface area contributed by atoms with Crippen LogP contribution in [0.4, 0.5) is 11.4 Å². The van der Waals surface area contributed by atoms with Crippen LogP contribution < -0.4 is 5.32 Å². The van der Waals surface area contributed by atoms with E-state index >= 15 is 0 Å². The van der Waals surface area contributed by atoms with Crippen LogP contribution in [0.3, 0.4) is 0 Å². The molecule has 0 radical (unpaired) electrons. The molecule has 1 N–H and O–H groups in total. The molecular formula is C27H25N5O3. The first-order valence-electron chi connectivity index (χ1n) is 12.1. The van der Waals surface area contributed by atoms with Gasteiger partial charge in [-0.1, -0.05) is 18.2 Å². The Morgan fingerprint density at radius 1 is 1.09 bits per heavy atom. The van der Waals surface area contributed by atoms with Gasteiger partial charge in [0, 0.05) is 23.7 Å². The van der Waals surface area contributed by atoms with E-state index in [9.17, 15) is 20.2 Å². The van der Waals surface area contributed by atoms with Crippen LogP contribution >= 0.6 is 0 Å². The molecule has 1 heterocycles. The van der Waals surface area contributed by atoms with Gasteiger partial charge >= 0.3 is 0 Å². The Kier molecular flexibility index (Phi) is 4.95. The quantitative estimate of drug-likeness (QED) is 0.400. The summed E-state index contributed by atoms with van der Waals surface area (Å²) in [7, 11) is 0. The van der Waals surface area contributed by atoms with Crippen molar-refractivity contribution in [3.05, 3.63) is 81.7 Å². The van der Waals surface area contributed by atoms with E-state index in [0.717, 1.165) is 30.6 Å². The van der Waals surface area contributed by atoms with Crippen molar-refractivity contribution < 1.29 is 9.72 Å². The molecule has 0 atom stereocenters. The van der Waals surface area contributed by atoms with Gasteiger partial charge < -0.3 is 5.32 Å². The number of amides is 1. The second-order valence-corrected chi connectivity index (χ2v) is 10.4. The van der Waals surface area contributed by atoms with Gasteiger partial charge in [-0.25, -0.2) is 4.68 Å². The van der Waals surface area contributed by atoms with Crippen molar-refractivity contribution in [1.82, 2.24) is 9.78 Å². The van der Waals surface area contributed by atoms with Crippen LogP contribution in [0, 0.1) is 39.2 Å². The third kappa shape index (κ3) is 3.68. The lowest BCUT2D eigenvalue weighted by molar-refractivity contribution is -0.384. The second-order valence-electron chi connectivity index (χ2n) is 10.4. The molecule has 35 heavy (non-hydrogen) atoms. The summed E-state index contributed by atoms with van der Waals surface area (Å²) in [5.41, 5.74) is 2.26. The Bertz CT molecular complexity index is 1340. The zero-order valence-electron chi connectivity index (χ0n) is 19.2. The monoisotopic (exact) mass is 467 g/mol. The van der Waals surface area contributed by atoms with Crippen molar-refractivity contribution in [3.63, 3.8) is 0 Å². The highest BCUT2D eigenvalue weighted by molar-refractivity contribution is 6.06. The molecule has 7 rings (SSSR count). The maximum atomic E-state index is 13.7. The first-order valence-corrected chi connectivity index (χ1v) is 12.1. The summed E-state index contributed by atoms with van der Waals surface area (Å²) in [6.45, 7) is 0. The lowest BCUT2D eigenvalue weighted by Gasteiger charge is -2.56. The second kappa shape index (κ2) is 8.05. The SMILES string of the molecule is N#Cc1cc([N+](=O)[O-])ccc1NC(=O)c1cn(-c2ccccc2)nc1C12CC3CC(CC(C3)C1)C2. The van der Waals surface area contributed by atoms with Crippen LogP contribution in [-0.2, 0) is 5.41 Å². The number of hydrogen-bond acceptors (Lipinski definition) is 5. The van der Waals surface area contributed by atoms with Gasteiger partial charge in [-0.05, 0) is 74.5 Å². The number of nitrogens with zero attached hydrogens (tertiary/aromatic N) is 4. The maximum Gasteiger partial charge on any atom is 0.270 e. The van der Waals surface area contributed by atoms with E-state index in [1.165, 1.54) is 37.5 Å². The number of nitrogens with one attached hydrogen (secondary N) is 1. The molecule has 0 spiro atoms. The Morgan fingerprint density at radius 3 is 2.34 bits per heavy atom. The molecule has 1 aromatic heterocycles. The lowest BCUT2D eigenvalue weighted by Crippen LogP contribution is -2.49. The van der Waals surface area contributed by atoms with Gasteiger partial charge in [0.15, 0.2) is 0 Å². The Morgan fingerprint density at radius 2 is 1.74 bits per heavy atom. The van der Waals surface area contributed by atoms with E-state index in [1.807, 2.05) is 36.4 Å². The van der Waals surface area contributed by atoms with Crippen LogP contribution in [-0.4, -0.2) is 20.6 Å². The fraction of sp³-hybridized carbons (Fsp3) is 0.370. The van der Waals surface area contributed by atoms with Gasteiger partial charge in [0.25, 0.3) is 11.6 Å². The molecule has 0 saturated heterocycles. The number of nitriles is 1. The summed E-state index contributed by atoms with van der Waals surface area (Å²) < 4.78 is 1.78. The molecule has 2 aromatic carbocycles. The fourth-order valence-corrected chi connectivity index (χ4v) is 7.08. The van der Waals surface area contributed by atoms with Crippen molar-refractivity contribution in [2.24, 2.45) is 17.8 Å². The maximum absolute atomic E-state index is 13.7. The number of non-ortho nitro benzene ring substituents is 1. The number of benzene rings is 2. The Balaban J connectivity index is 1.41. The predicted octanol–water partition coefficient (Wildman–Crippen LogP) is 5.37. The molecule has 4 fully saturated rings. The van der Waals surface area contributed by atoms with Gasteiger partial charge in [0.2, 0.25) is 0 Å². The normalized spacial score (nSPS) is 26.3. The number of nitro benzene ring substituents is 1. The van der Waals surface area contributed by atoms with E-state index < -0.39 is 4.92 Å². The van der Waals surface area contributed by atoms with Crippen LogP contribution in [0.1, 0.15) is 60.1 Å². The third-order valence-electron chi connectivity index (χ3n) is 8.10. The zero-order valence-corrected chi connectivity index (χ0v) is 19.2. The zero-order chi connectivity index (χ0) is 24.2. The van der Waals surface area contributed by atoms with Crippen LogP contribution in [0.5, 0.6) is 0 Å². The lowest BCUT2D eigenvalue weighted by atomic mass is 9.48. The van der Waals surface area contributed by atoms with Gasteiger partial charge in [0.1, 0.15) is 6.07 Å². The summed E-state index contributed by atoms with van der Waals surface area (Å²) in [6, 6.07) is 15.6. The van der Waals surface area contributed by atoms with Gasteiger partial charge in [-0.3, -0.25) is 14.9 Å². The van der Waals surface area contributed by atoms with E-state index in [-0.39, 0.29) is 28.3 Å². The van der Waals surface area contributed by atoms with Crippen LogP contribution in [0.25, 0.3) is 5.69 Å². The highest BCUT2D eigenvalue weighted by atomic mass is 16.6. The number of rotatable bonds is 5. The van der Waals surface area contributed by atoms with E-state index in [2.05, 4.69) is 5.32 Å². The molecule has 4 bridgehead atoms. The van der Waals surface area contributed by atoms with Crippen molar-refractivity contribution in [2.45, 2.75) is 43.9 Å². The topological polar surface area (TPSA) is 114 Å². The average Bonchev–Trinajstić information content (AvgIpc) is 3.31. The first kappa shape index (κ1) is 21.5. The predicted molar refractivity (Wildman–Crippen MR) is 129 cm³/mol. The van der Waals surface area contributed by atoms with Crippen molar-refractivity contribution >= 4 is 17.3 Å². The van der Waals surface area contributed by atoms with Crippen LogP contribution in [0.15, 0.2) is 54.7 Å². The van der Waals surface area contributed by atoms with E-state index in [1.54, 1.807) is 10.9 Å². The molecular weight excluding hydrogens is 442 g/mol. The van der Waals surface area contributed by atoms with Crippen LogP contribution in [0.2, 0.25) is 0 Å². The molecule has 8 heteroatoms. The summed E-state index contributed by atoms with van der Waals surface area (Å²) in [5, 5.41) is 28.5. The van der Waals surface area contributed by atoms with Crippen molar-refractivity contribution in [2.75, 3.05) is 5.32 Å². The molecule has 4 aliphatic rings. The van der Waals surface area contributed by atoms with Gasteiger partial charge in [-0.2, -0.15) is 10.4 Å². The van der Waals surface area contributed by atoms with Gasteiger partial charge in [0.05, 0.1) is 33.1 Å². The molecule has 176 valence electrons. The smallest absolute Gasteiger partial charge is 0.270 e. The van der Waals surface area contributed by atoms with Gasteiger partial charge in [-0.15, -0.1) is 0 Å². The molecule has 3 aromatic rings. The molecule has 4 aliphatic carbocycles. The molecule has 0 aliphatic heterocycles. The summed E-state index contributed by atoms with van der Waals surface area (Å²) in [6.07, 6.45) is 8.83. The highest BCUT2D eigenvalue weighted by Gasteiger charge is 2.54.